The van der Waals surface area contributed by atoms with Gasteiger partial charge in [-0.2, -0.15) is 5.10 Å². The molecule has 0 bridgehead atoms. The molecule has 158 valence electrons. The van der Waals surface area contributed by atoms with Crippen LogP contribution in [-0.2, 0) is 22.5 Å². The van der Waals surface area contributed by atoms with Crippen molar-refractivity contribution in [3.8, 4) is 16.9 Å². The number of benzene rings is 3. The van der Waals surface area contributed by atoms with Gasteiger partial charge in [-0.15, -0.1) is 0 Å². The van der Waals surface area contributed by atoms with E-state index >= 15 is 0 Å². The first-order valence-electron chi connectivity index (χ1n) is 10.4. The van der Waals surface area contributed by atoms with Gasteiger partial charge in [0.05, 0.1) is 16.9 Å². The van der Waals surface area contributed by atoms with Gasteiger partial charge in [0.15, 0.2) is 6.10 Å². The number of fused-ring (bicyclic) bond motifs is 1. The number of rotatable bonds is 5. The number of carbonyl (C=O) groups is 2. The summed E-state index contributed by atoms with van der Waals surface area (Å²) < 4.78 is 7.19. The van der Waals surface area contributed by atoms with Crippen LogP contribution in [0.25, 0.3) is 16.9 Å². The van der Waals surface area contributed by atoms with E-state index in [0.717, 1.165) is 28.1 Å². The lowest BCUT2D eigenvalue weighted by molar-refractivity contribution is -0.130. The second-order valence-electron chi connectivity index (χ2n) is 7.62. The molecule has 0 aliphatic carbocycles. The molecule has 6 nitrogen and oxygen atoms in total. The number of aromatic nitrogens is 2. The normalized spacial score (nSPS) is 15.0. The van der Waals surface area contributed by atoms with E-state index in [1.54, 1.807) is 16.8 Å². The highest BCUT2D eigenvalue weighted by atomic mass is 16.5. The second kappa shape index (κ2) is 8.51. The summed E-state index contributed by atoms with van der Waals surface area (Å²) >= 11 is 0. The number of esters is 1. The van der Waals surface area contributed by atoms with Crippen LogP contribution in [0.15, 0.2) is 91.1 Å². The van der Waals surface area contributed by atoms with E-state index in [2.05, 4.69) is 5.32 Å². The minimum atomic E-state index is -0.846. The highest BCUT2D eigenvalue weighted by Crippen LogP contribution is 2.24. The van der Waals surface area contributed by atoms with Crippen molar-refractivity contribution < 1.29 is 14.3 Å². The lowest BCUT2D eigenvalue weighted by atomic mass is 9.98. The molecule has 0 saturated carbocycles. The third-order valence-corrected chi connectivity index (χ3v) is 5.50. The molecular weight excluding hydrogens is 402 g/mol. The van der Waals surface area contributed by atoms with Crippen LogP contribution >= 0.6 is 0 Å². The second-order valence-corrected chi connectivity index (χ2v) is 7.62. The SMILES string of the molecule is O=C1OC(C(=O)NCc2cn(-c3ccccc3)nc2-c2ccccc2)Cc2ccccc21. The molecule has 1 N–H and O–H groups in total. The fourth-order valence-electron chi connectivity index (χ4n) is 3.87. The van der Waals surface area contributed by atoms with Crippen LogP contribution < -0.4 is 5.32 Å². The van der Waals surface area contributed by atoms with Gasteiger partial charge in [0, 0.05) is 30.3 Å². The maximum Gasteiger partial charge on any atom is 0.339 e. The van der Waals surface area contributed by atoms with Gasteiger partial charge >= 0.3 is 5.97 Å². The van der Waals surface area contributed by atoms with Gasteiger partial charge < -0.3 is 10.1 Å². The Morgan fingerprint density at radius 1 is 0.969 bits per heavy atom. The van der Waals surface area contributed by atoms with E-state index in [9.17, 15) is 9.59 Å². The highest BCUT2D eigenvalue weighted by molar-refractivity contribution is 5.95. The van der Waals surface area contributed by atoms with E-state index in [4.69, 9.17) is 9.84 Å². The Morgan fingerprint density at radius 3 is 2.44 bits per heavy atom. The molecule has 1 atom stereocenters. The molecule has 5 rings (SSSR count). The summed E-state index contributed by atoms with van der Waals surface area (Å²) in [4.78, 5) is 25.1. The average molecular weight is 423 g/mol. The van der Waals surface area contributed by atoms with Gasteiger partial charge in [-0.05, 0) is 23.8 Å². The number of hydrogen-bond acceptors (Lipinski definition) is 4. The van der Waals surface area contributed by atoms with Crippen molar-refractivity contribution in [3.63, 3.8) is 0 Å². The first-order chi connectivity index (χ1) is 15.7. The maximum absolute atomic E-state index is 12.8. The summed E-state index contributed by atoms with van der Waals surface area (Å²) in [6, 6.07) is 26.9. The minimum absolute atomic E-state index is 0.269. The van der Waals surface area contributed by atoms with Crippen molar-refractivity contribution in [3.05, 3.63) is 108 Å². The monoisotopic (exact) mass is 423 g/mol. The van der Waals surface area contributed by atoms with Crippen molar-refractivity contribution in [2.24, 2.45) is 0 Å². The fraction of sp³-hybridized carbons (Fsp3) is 0.115. The Balaban J connectivity index is 1.37. The fourth-order valence-corrected chi connectivity index (χ4v) is 3.87. The van der Waals surface area contributed by atoms with Gasteiger partial charge in [-0.1, -0.05) is 66.7 Å². The van der Waals surface area contributed by atoms with Gasteiger partial charge in [-0.25, -0.2) is 9.48 Å². The molecule has 6 heteroatoms. The highest BCUT2D eigenvalue weighted by Gasteiger charge is 2.31. The Morgan fingerprint density at radius 2 is 1.66 bits per heavy atom. The van der Waals surface area contributed by atoms with Crippen molar-refractivity contribution in [2.75, 3.05) is 0 Å². The third kappa shape index (κ3) is 3.90. The van der Waals surface area contributed by atoms with E-state index in [-0.39, 0.29) is 12.5 Å². The lowest BCUT2D eigenvalue weighted by Gasteiger charge is -2.23. The molecule has 1 amide bonds. The summed E-state index contributed by atoms with van der Waals surface area (Å²) in [6.07, 6.45) is 1.43. The number of carbonyl (C=O) groups excluding carboxylic acids is 2. The number of cyclic esters (lactones) is 1. The maximum atomic E-state index is 12.8. The van der Waals surface area contributed by atoms with Crippen molar-refractivity contribution in [1.82, 2.24) is 15.1 Å². The number of para-hydroxylation sites is 1. The molecule has 3 aromatic carbocycles. The quantitative estimate of drug-likeness (QED) is 0.494. The van der Waals surface area contributed by atoms with Gasteiger partial charge in [-0.3, -0.25) is 4.79 Å². The van der Waals surface area contributed by atoms with E-state index in [1.807, 2.05) is 79.0 Å². The Hall–Kier alpha value is -4.19. The smallest absolute Gasteiger partial charge is 0.339 e. The van der Waals surface area contributed by atoms with Gasteiger partial charge in [0.25, 0.3) is 5.91 Å². The number of amides is 1. The molecule has 32 heavy (non-hydrogen) atoms. The number of nitrogens with zero attached hydrogens (tertiary/aromatic N) is 2. The molecule has 1 aliphatic heterocycles. The van der Waals surface area contributed by atoms with E-state index < -0.39 is 12.1 Å². The van der Waals surface area contributed by atoms with Crippen LogP contribution in [-0.4, -0.2) is 27.8 Å². The van der Waals surface area contributed by atoms with Crippen LogP contribution in [0.1, 0.15) is 21.5 Å². The zero-order valence-electron chi connectivity index (χ0n) is 17.3. The summed E-state index contributed by atoms with van der Waals surface area (Å²) in [5.74, 6) is -0.784. The molecule has 1 unspecified atom stereocenters. The van der Waals surface area contributed by atoms with Crippen LogP contribution in [0, 0.1) is 0 Å². The van der Waals surface area contributed by atoms with Gasteiger partial charge in [0.1, 0.15) is 0 Å². The molecule has 0 saturated heterocycles. The van der Waals surface area contributed by atoms with Crippen LogP contribution in [0.2, 0.25) is 0 Å². The number of nitrogens with one attached hydrogen (secondary N) is 1. The first kappa shape index (κ1) is 19.8. The average Bonchev–Trinajstić information content (AvgIpc) is 3.28. The van der Waals surface area contributed by atoms with E-state index in [1.165, 1.54) is 0 Å². The number of ether oxygens (including phenoxy) is 1. The van der Waals surface area contributed by atoms with Crippen LogP contribution in [0.5, 0.6) is 0 Å². The first-order valence-corrected chi connectivity index (χ1v) is 10.4. The Labute approximate surface area is 185 Å². The predicted molar refractivity (Wildman–Crippen MR) is 120 cm³/mol. The molecule has 1 aliphatic rings. The Bertz CT molecular complexity index is 1270. The third-order valence-electron chi connectivity index (χ3n) is 5.50. The molecule has 2 heterocycles. The van der Waals surface area contributed by atoms with Crippen LogP contribution in [0.3, 0.4) is 0 Å². The standard InChI is InChI=1S/C26H21N3O3/c30-25(23-15-19-11-7-8-14-22(19)26(31)32-23)27-16-20-17-29(21-12-5-2-6-13-21)28-24(20)18-9-3-1-4-10-18/h1-14,17,23H,15-16H2,(H,27,30). The van der Waals surface area contributed by atoms with Crippen molar-refractivity contribution in [1.29, 1.82) is 0 Å². The Kier molecular flexibility index (Phi) is 5.25. The zero-order chi connectivity index (χ0) is 21.9. The summed E-state index contributed by atoms with van der Waals surface area (Å²) in [6.45, 7) is 0.269. The van der Waals surface area contributed by atoms with E-state index in [0.29, 0.717) is 12.0 Å². The molecule has 0 spiro atoms. The zero-order valence-corrected chi connectivity index (χ0v) is 17.3. The summed E-state index contributed by atoms with van der Waals surface area (Å²) in [7, 11) is 0. The summed E-state index contributed by atoms with van der Waals surface area (Å²) in [5.41, 5.74) is 4.90. The lowest BCUT2D eigenvalue weighted by Crippen LogP contribution is -2.41. The molecule has 1 aromatic heterocycles. The molecule has 0 radical (unpaired) electrons. The molecule has 0 fully saturated rings. The predicted octanol–water partition coefficient (Wildman–Crippen LogP) is 3.94. The largest absolute Gasteiger partial charge is 0.448 e. The molecule has 4 aromatic rings. The van der Waals surface area contributed by atoms with Crippen molar-refractivity contribution in [2.45, 2.75) is 19.1 Å². The van der Waals surface area contributed by atoms with Gasteiger partial charge in [0.2, 0.25) is 0 Å². The summed E-state index contributed by atoms with van der Waals surface area (Å²) in [5, 5.41) is 7.69. The molecular formula is C26H21N3O3. The van der Waals surface area contributed by atoms with Crippen molar-refractivity contribution >= 4 is 11.9 Å². The topological polar surface area (TPSA) is 73.2 Å². The van der Waals surface area contributed by atoms with Crippen LogP contribution in [0.4, 0.5) is 0 Å². The minimum Gasteiger partial charge on any atom is -0.448 e. The number of hydrogen-bond donors (Lipinski definition) is 1.